The Balaban J connectivity index is 1.38. The highest BCUT2D eigenvalue weighted by Crippen LogP contribution is 2.37. The first-order chi connectivity index (χ1) is 11.6. The van der Waals surface area contributed by atoms with E-state index in [1.165, 1.54) is 0 Å². The second kappa shape index (κ2) is 7.29. The number of carbonyl (C=O) groups is 2. The molecule has 0 saturated heterocycles. The number of hydrogen-bond acceptors (Lipinski definition) is 3. The van der Waals surface area contributed by atoms with E-state index in [9.17, 15) is 9.59 Å². The number of aromatic nitrogens is 2. The average molecular weight is 326 g/mol. The first kappa shape index (κ1) is 16.2. The van der Waals surface area contributed by atoms with Gasteiger partial charge in [0, 0.05) is 18.9 Å². The summed E-state index contributed by atoms with van der Waals surface area (Å²) in [6.45, 7) is 2.78. The van der Waals surface area contributed by atoms with Crippen LogP contribution in [0.2, 0.25) is 0 Å². The monoisotopic (exact) mass is 326 g/mol. The van der Waals surface area contributed by atoms with Gasteiger partial charge in [0.05, 0.1) is 18.4 Å². The normalized spacial score (nSPS) is 18.9. The van der Waals surface area contributed by atoms with Crippen LogP contribution < -0.4 is 10.6 Å². The van der Waals surface area contributed by atoms with Crippen molar-refractivity contribution >= 4 is 11.8 Å². The fraction of sp³-hybridized carbons (Fsp3) is 0.389. The molecule has 1 aliphatic rings. The highest BCUT2D eigenvalue weighted by molar-refractivity contribution is 5.82. The fourth-order valence-corrected chi connectivity index (χ4v) is 2.61. The van der Waals surface area contributed by atoms with E-state index in [-0.39, 0.29) is 24.2 Å². The molecule has 1 aromatic heterocycles. The van der Waals surface area contributed by atoms with Crippen LogP contribution in [0.15, 0.2) is 36.5 Å². The van der Waals surface area contributed by atoms with Crippen molar-refractivity contribution in [3.8, 4) is 11.3 Å². The third-order valence-corrected chi connectivity index (χ3v) is 4.26. The van der Waals surface area contributed by atoms with Crippen LogP contribution in [-0.2, 0) is 16.1 Å². The number of nitrogens with zero attached hydrogens (tertiary/aromatic N) is 1. The molecule has 1 heterocycles. The zero-order chi connectivity index (χ0) is 16.9. The van der Waals surface area contributed by atoms with Crippen molar-refractivity contribution in [2.45, 2.75) is 26.3 Å². The highest BCUT2D eigenvalue weighted by Gasteiger charge is 2.38. The maximum absolute atomic E-state index is 11.8. The van der Waals surface area contributed by atoms with E-state index in [4.69, 9.17) is 0 Å². The number of hydrogen-bond donors (Lipinski definition) is 3. The van der Waals surface area contributed by atoms with Crippen molar-refractivity contribution in [1.29, 1.82) is 0 Å². The van der Waals surface area contributed by atoms with Gasteiger partial charge in [-0.25, -0.2) is 4.98 Å². The molecule has 2 atom stereocenters. The Kier molecular flexibility index (Phi) is 4.93. The predicted octanol–water partition coefficient (Wildman–Crippen LogP) is 1.86. The molecule has 0 radical (unpaired) electrons. The van der Waals surface area contributed by atoms with E-state index in [0.717, 1.165) is 17.7 Å². The van der Waals surface area contributed by atoms with Crippen LogP contribution in [0.3, 0.4) is 0 Å². The minimum Gasteiger partial charge on any atom is -0.355 e. The standard InChI is InChI=1S/C18H22N4O2/c1-12-9-14(12)18(24)19-8-7-17(23)21-11-16-20-10-15(22-16)13-5-3-2-4-6-13/h2-6,10,12,14H,7-9,11H2,1H3,(H,19,24)(H,20,22)(H,21,23)/t12-,14-/m1/s1. The minimum absolute atomic E-state index is 0.0637. The lowest BCUT2D eigenvalue weighted by molar-refractivity contribution is -0.123. The van der Waals surface area contributed by atoms with Crippen molar-refractivity contribution in [1.82, 2.24) is 20.6 Å². The van der Waals surface area contributed by atoms with E-state index in [1.807, 2.05) is 30.3 Å². The minimum atomic E-state index is -0.100. The smallest absolute Gasteiger partial charge is 0.223 e. The van der Waals surface area contributed by atoms with Crippen LogP contribution in [-0.4, -0.2) is 28.3 Å². The number of benzene rings is 1. The Hall–Kier alpha value is -2.63. The summed E-state index contributed by atoms with van der Waals surface area (Å²) in [5.41, 5.74) is 1.98. The number of nitrogens with one attached hydrogen (secondary N) is 3. The van der Waals surface area contributed by atoms with Crippen LogP contribution in [0.25, 0.3) is 11.3 Å². The molecule has 3 rings (SSSR count). The van der Waals surface area contributed by atoms with Crippen LogP contribution in [0.1, 0.15) is 25.6 Å². The van der Waals surface area contributed by atoms with Crippen LogP contribution in [0.4, 0.5) is 0 Å². The quantitative estimate of drug-likeness (QED) is 0.726. The fourth-order valence-electron chi connectivity index (χ4n) is 2.61. The van der Waals surface area contributed by atoms with E-state index < -0.39 is 0 Å². The summed E-state index contributed by atoms with van der Waals surface area (Å²) in [6, 6.07) is 9.89. The number of H-pyrrole nitrogens is 1. The van der Waals surface area contributed by atoms with Crippen molar-refractivity contribution in [2.24, 2.45) is 11.8 Å². The van der Waals surface area contributed by atoms with Gasteiger partial charge in [0.25, 0.3) is 0 Å². The lowest BCUT2D eigenvalue weighted by Crippen LogP contribution is -2.31. The topological polar surface area (TPSA) is 86.9 Å². The molecule has 24 heavy (non-hydrogen) atoms. The first-order valence-electron chi connectivity index (χ1n) is 8.27. The maximum Gasteiger partial charge on any atom is 0.223 e. The molecule has 0 spiro atoms. The Morgan fingerprint density at radius 2 is 2.00 bits per heavy atom. The Morgan fingerprint density at radius 1 is 1.25 bits per heavy atom. The Labute approximate surface area is 141 Å². The molecule has 0 aliphatic heterocycles. The van der Waals surface area contributed by atoms with E-state index in [2.05, 4.69) is 27.5 Å². The Morgan fingerprint density at radius 3 is 2.71 bits per heavy atom. The van der Waals surface area contributed by atoms with Gasteiger partial charge in [-0.3, -0.25) is 9.59 Å². The summed E-state index contributed by atoms with van der Waals surface area (Å²) >= 11 is 0. The second-order valence-corrected chi connectivity index (χ2v) is 6.25. The van der Waals surface area contributed by atoms with Gasteiger partial charge in [0.15, 0.2) is 0 Å². The molecule has 126 valence electrons. The van der Waals surface area contributed by atoms with Gasteiger partial charge in [0.2, 0.25) is 11.8 Å². The highest BCUT2D eigenvalue weighted by atomic mass is 16.2. The summed E-state index contributed by atoms with van der Waals surface area (Å²) in [5, 5.41) is 5.61. The molecule has 6 heteroatoms. The summed E-state index contributed by atoms with van der Waals surface area (Å²) in [6.07, 6.45) is 2.99. The molecule has 1 aromatic carbocycles. The number of aromatic amines is 1. The summed E-state index contributed by atoms with van der Waals surface area (Å²) in [5.74, 6) is 1.30. The number of imidazole rings is 1. The SMILES string of the molecule is C[C@@H]1C[C@H]1C(=O)NCCC(=O)NCc1ncc(-c2ccccc2)[nH]1. The molecule has 2 amide bonds. The average Bonchev–Trinajstić information content (AvgIpc) is 3.14. The molecule has 1 aliphatic carbocycles. The lowest BCUT2D eigenvalue weighted by Gasteiger charge is -2.05. The lowest BCUT2D eigenvalue weighted by atomic mass is 10.2. The van der Waals surface area contributed by atoms with Crippen LogP contribution in [0, 0.1) is 11.8 Å². The Bertz CT molecular complexity index is 711. The van der Waals surface area contributed by atoms with Crippen molar-refractivity contribution in [2.75, 3.05) is 6.54 Å². The van der Waals surface area contributed by atoms with E-state index >= 15 is 0 Å². The molecule has 0 bridgehead atoms. The largest absolute Gasteiger partial charge is 0.355 e. The van der Waals surface area contributed by atoms with Gasteiger partial charge in [-0.05, 0) is 17.9 Å². The van der Waals surface area contributed by atoms with Gasteiger partial charge in [0.1, 0.15) is 5.82 Å². The molecule has 1 saturated carbocycles. The van der Waals surface area contributed by atoms with E-state index in [0.29, 0.717) is 24.8 Å². The molecule has 3 N–H and O–H groups in total. The zero-order valence-corrected chi connectivity index (χ0v) is 13.7. The molecular weight excluding hydrogens is 304 g/mol. The molecule has 2 aromatic rings. The number of amides is 2. The third kappa shape index (κ3) is 4.22. The summed E-state index contributed by atoms with van der Waals surface area (Å²) in [7, 11) is 0. The van der Waals surface area contributed by atoms with Gasteiger partial charge in [-0.15, -0.1) is 0 Å². The number of carbonyl (C=O) groups excluding carboxylic acids is 2. The van der Waals surface area contributed by atoms with Gasteiger partial charge in [-0.1, -0.05) is 37.3 Å². The van der Waals surface area contributed by atoms with Crippen LogP contribution in [0.5, 0.6) is 0 Å². The van der Waals surface area contributed by atoms with E-state index in [1.54, 1.807) is 6.20 Å². The molecule has 6 nitrogen and oxygen atoms in total. The maximum atomic E-state index is 11.8. The van der Waals surface area contributed by atoms with Gasteiger partial charge >= 0.3 is 0 Å². The molecule has 0 unspecified atom stereocenters. The van der Waals surface area contributed by atoms with Gasteiger partial charge in [-0.2, -0.15) is 0 Å². The summed E-state index contributed by atoms with van der Waals surface area (Å²) in [4.78, 5) is 30.9. The predicted molar refractivity (Wildman–Crippen MR) is 90.8 cm³/mol. The third-order valence-electron chi connectivity index (χ3n) is 4.26. The van der Waals surface area contributed by atoms with Crippen molar-refractivity contribution < 1.29 is 9.59 Å². The zero-order valence-electron chi connectivity index (χ0n) is 13.7. The first-order valence-corrected chi connectivity index (χ1v) is 8.27. The second-order valence-electron chi connectivity index (χ2n) is 6.25. The molecule has 1 fully saturated rings. The van der Waals surface area contributed by atoms with Gasteiger partial charge < -0.3 is 15.6 Å². The van der Waals surface area contributed by atoms with Crippen molar-refractivity contribution in [3.05, 3.63) is 42.4 Å². The summed E-state index contributed by atoms with van der Waals surface area (Å²) < 4.78 is 0. The van der Waals surface area contributed by atoms with Crippen LogP contribution >= 0.6 is 0 Å². The number of rotatable bonds is 7. The molecular formula is C18H22N4O2. The van der Waals surface area contributed by atoms with Crippen molar-refractivity contribution in [3.63, 3.8) is 0 Å².